The van der Waals surface area contributed by atoms with Crippen molar-refractivity contribution in [1.82, 2.24) is 10.2 Å². The summed E-state index contributed by atoms with van der Waals surface area (Å²) in [4.78, 5) is 16.1. The van der Waals surface area contributed by atoms with Gasteiger partial charge in [-0.05, 0) is 49.2 Å². The van der Waals surface area contributed by atoms with Crippen LogP contribution in [0.4, 0.5) is 4.39 Å². The van der Waals surface area contributed by atoms with Crippen molar-refractivity contribution >= 4 is 39.1 Å². The zero-order chi connectivity index (χ0) is 23.6. The molecular weight excluding hydrogens is 487 g/mol. The van der Waals surface area contributed by atoms with Crippen LogP contribution in [0.2, 0.25) is 5.02 Å². The Balaban J connectivity index is 1.50. The van der Waals surface area contributed by atoms with E-state index in [1.165, 1.54) is 6.07 Å². The molecule has 178 valence electrons. The minimum absolute atomic E-state index is 0.0331. The first kappa shape index (κ1) is 24.3. The number of hydrogen-bond acceptors (Lipinski definition) is 6. The Labute approximate surface area is 202 Å². The molecule has 1 amide bonds. The van der Waals surface area contributed by atoms with Crippen molar-refractivity contribution < 1.29 is 22.3 Å². The number of hydrogen-bond donors (Lipinski definition) is 1. The second kappa shape index (κ2) is 10.2. The van der Waals surface area contributed by atoms with E-state index in [9.17, 15) is 17.6 Å². The van der Waals surface area contributed by atoms with Crippen LogP contribution in [0.1, 0.15) is 18.4 Å². The summed E-state index contributed by atoms with van der Waals surface area (Å²) in [5.41, 5.74) is 0.357. The highest BCUT2D eigenvalue weighted by Gasteiger charge is 2.39. The average Bonchev–Trinajstić information content (AvgIpc) is 3.33. The van der Waals surface area contributed by atoms with Gasteiger partial charge in [-0.15, -0.1) is 11.8 Å². The number of halogens is 2. The first-order chi connectivity index (χ1) is 15.7. The van der Waals surface area contributed by atoms with E-state index in [1.54, 1.807) is 31.0 Å². The van der Waals surface area contributed by atoms with Gasteiger partial charge in [-0.25, -0.2) is 12.8 Å². The van der Waals surface area contributed by atoms with Gasteiger partial charge in [0.05, 0.1) is 24.7 Å². The Morgan fingerprint density at radius 2 is 2.03 bits per heavy atom. The number of nitrogens with one attached hydrogen (secondary N) is 1. The molecule has 2 aliphatic heterocycles. The lowest BCUT2D eigenvalue weighted by atomic mass is 10.1. The summed E-state index contributed by atoms with van der Waals surface area (Å²) in [6, 6.07) is 11.4. The molecule has 2 aromatic carbocycles. The predicted molar refractivity (Wildman–Crippen MR) is 128 cm³/mol. The number of amides is 1. The van der Waals surface area contributed by atoms with E-state index < -0.39 is 21.7 Å². The number of methoxy groups -OCH3 is 1. The molecule has 1 N–H and O–H groups in total. The minimum atomic E-state index is -3.10. The third kappa shape index (κ3) is 6.01. The third-order valence-corrected chi connectivity index (χ3v) is 9.37. The van der Waals surface area contributed by atoms with Gasteiger partial charge in [0.1, 0.15) is 11.6 Å². The van der Waals surface area contributed by atoms with Crippen LogP contribution in [0.25, 0.3) is 0 Å². The molecule has 2 saturated heterocycles. The summed E-state index contributed by atoms with van der Waals surface area (Å²) in [7, 11) is -1.49. The van der Waals surface area contributed by atoms with Crippen LogP contribution in [0, 0.1) is 5.82 Å². The van der Waals surface area contributed by atoms with Crippen LogP contribution >= 0.6 is 23.4 Å². The van der Waals surface area contributed by atoms with E-state index in [0.29, 0.717) is 30.0 Å². The van der Waals surface area contributed by atoms with E-state index in [0.717, 1.165) is 10.6 Å². The van der Waals surface area contributed by atoms with E-state index >= 15 is 0 Å². The van der Waals surface area contributed by atoms with Crippen LogP contribution in [-0.4, -0.2) is 61.7 Å². The van der Waals surface area contributed by atoms with Gasteiger partial charge in [0.2, 0.25) is 5.91 Å². The standard InChI is InChI=1S/C23H26ClFN2O4S2/c1-31-16-5-7-17(8-6-16)32-18-11-22(23(28)26-15-9-10-33(29,30)14-15)27(12-18)13-19-20(24)3-2-4-21(19)25/h2-8,15,18,22H,9-14H2,1H3,(H,26,28)/t15?,18-,22+/m1/s1. The van der Waals surface area contributed by atoms with Crippen molar-refractivity contribution in [3.8, 4) is 5.75 Å². The number of nitrogens with zero attached hydrogens (tertiary/aromatic N) is 1. The number of sulfone groups is 1. The van der Waals surface area contributed by atoms with Gasteiger partial charge in [-0.2, -0.15) is 0 Å². The van der Waals surface area contributed by atoms with Crippen molar-refractivity contribution in [2.75, 3.05) is 25.2 Å². The fourth-order valence-corrected chi connectivity index (χ4v) is 7.45. The number of carbonyl (C=O) groups is 1. The highest BCUT2D eigenvalue weighted by atomic mass is 35.5. The number of benzene rings is 2. The summed E-state index contributed by atoms with van der Waals surface area (Å²) in [6.45, 7) is 0.772. The smallest absolute Gasteiger partial charge is 0.237 e. The normalized spacial score (nSPS) is 24.6. The summed E-state index contributed by atoms with van der Waals surface area (Å²) < 4.78 is 43.3. The van der Waals surface area contributed by atoms with Crippen LogP contribution < -0.4 is 10.1 Å². The molecule has 0 saturated carbocycles. The van der Waals surface area contributed by atoms with Gasteiger partial charge >= 0.3 is 0 Å². The lowest BCUT2D eigenvalue weighted by Gasteiger charge is -2.25. The second-order valence-electron chi connectivity index (χ2n) is 8.41. The molecule has 2 heterocycles. The molecule has 3 atom stereocenters. The Bertz CT molecular complexity index is 1090. The molecule has 10 heteroatoms. The van der Waals surface area contributed by atoms with Gasteiger partial charge in [-0.1, -0.05) is 17.7 Å². The molecule has 6 nitrogen and oxygen atoms in total. The molecule has 4 rings (SSSR count). The first-order valence-electron chi connectivity index (χ1n) is 10.7. The zero-order valence-electron chi connectivity index (χ0n) is 18.2. The lowest BCUT2D eigenvalue weighted by molar-refractivity contribution is -0.126. The number of carbonyl (C=O) groups excluding carboxylic acids is 1. The largest absolute Gasteiger partial charge is 0.497 e. The first-order valence-corrected chi connectivity index (χ1v) is 13.8. The molecule has 1 unspecified atom stereocenters. The van der Waals surface area contributed by atoms with Gasteiger partial charge in [0.25, 0.3) is 0 Å². The summed E-state index contributed by atoms with van der Waals surface area (Å²) in [5.74, 6) is 0.199. The van der Waals surface area contributed by atoms with Gasteiger partial charge in [0.15, 0.2) is 9.84 Å². The van der Waals surface area contributed by atoms with Crippen molar-refractivity contribution in [2.45, 2.75) is 41.6 Å². The van der Waals surface area contributed by atoms with Crippen LogP contribution in [-0.2, 0) is 21.2 Å². The molecular formula is C23H26ClFN2O4S2. The van der Waals surface area contributed by atoms with Crippen LogP contribution in [0.3, 0.4) is 0 Å². The summed E-state index contributed by atoms with van der Waals surface area (Å²) >= 11 is 7.90. The summed E-state index contributed by atoms with van der Waals surface area (Å²) in [6.07, 6.45) is 0.984. The highest BCUT2D eigenvalue weighted by molar-refractivity contribution is 8.00. The number of thioether (sulfide) groups is 1. The molecule has 0 aromatic heterocycles. The number of likely N-dealkylation sites (tertiary alicyclic amines) is 1. The molecule has 0 bridgehead atoms. The van der Waals surface area contributed by atoms with Crippen molar-refractivity contribution in [1.29, 1.82) is 0 Å². The Kier molecular flexibility index (Phi) is 7.53. The Hall–Kier alpha value is -1.81. The number of ether oxygens (including phenoxy) is 1. The van der Waals surface area contributed by atoms with Crippen molar-refractivity contribution in [3.63, 3.8) is 0 Å². The Morgan fingerprint density at radius 1 is 1.27 bits per heavy atom. The van der Waals surface area contributed by atoms with E-state index in [-0.39, 0.29) is 35.2 Å². The molecule has 0 radical (unpaired) electrons. The quantitative estimate of drug-likeness (QED) is 0.611. The summed E-state index contributed by atoms with van der Waals surface area (Å²) in [5, 5.41) is 3.33. The minimum Gasteiger partial charge on any atom is -0.497 e. The monoisotopic (exact) mass is 512 g/mol. The predicted octanol–water partition coefficient (Wildman–Crippen LogP) is 3.53. The van der Waals surface area contributed by atoms with Crippen LogP contribution in [0.5, 0.6) is 5.75 Å². The third-order valence-electron chi connectivity index (χ3n) is 6.03. The SMILES string of the molecule is COc1ccc(S[C@@H]2C[C@@H](C(=O)NC3CCS(=O)(=O)C3)N(Cc3c(F)cccc3Cl)C2)cc1. The van der Waals surface area contributed by atoms with E-state index in [2.05, 4.69) is 5.32 Å². The highest BCUT2D eigenvalue weighted by Crippen LogP contribution is 2.35. The average molecular weight is 513 g/mol. The molecule has 2 aliphatic rings. The fraction of sp³-hybridized carbons (Fsp3) is 0.435. The van der Waals surface area contributed by atoms with Crippen LogP contribution in [0.15, 0.2) is 47.4 Å². The maximum absolute atomic E-state index is 14.5. The molecule has 33 heavy (non-hydrogen) atoms. The van der Waals surface area contributed by atoms with E-state index in [1.807, 2.05) is 29.2 Å². The topological polar surface area (TPSA) is 75.7 Å². The lowest BCUT2D eigenvalue weighted by Crippen LogP contribution is -2.47. The fourth-order valence-electron chi connectivity index (χ4n) is 4.33. The Morgan fingerprint density at radius 3 is 2.67 bits per heavy atom. The van der Waals surface area contributed by atoms with Gasteiger partial charge in [0, 0.05) is 39.9 Å². The van der Waals surface area contributed by atoms with E-state index in [4.69, 9.17) is 16.3 Å². The molecule has 0 aliphatic carbocycles. The molecule has 0 spiro atoms. The zero-order valence-corrected chi connectivity index (χ0v) is 20.6. The van der Waals surface area contributed by atoms with Gasteiger partial charge < -0.3 is 10.1 Å². The van der Waals surface area contributed by atoms with Crippen molar-refractivity contribution in [3.05, 3.63) is 58.9 Å². The molecule has 2 aromatic rings. The second-order valence-corrected chi connectivity index (χ2v) is 12.4. The molecule has 2 fully saturated rings. The maximum atomic E-state index is 14.5. The van der Waals surface area contributed by atoms with Crippen molar-refractivity contribution in [2.24, 2.45) is 0 Å². The maximum Gasteiger partial charge on any atom is 0.237 e. The van der Waals surface area contributed by atoms with Gasteiger partial charge in [-0.3, -0.25) is 9.69 Å². The number of rotatable bonds is 7.